The first-order valence-corrected chi connectivity index (χ1v) is 10.6. The molecule has 0 amide bonds. The van der Waals surface area contributed by atoms with Crippen molar-refractivity contribution in [2.24, 2.45) is 0 Å². The van der Waals surface area contributed by atoms with Crippen molar-refractivity contribution in [1.29, 1.82) is 0 Å². The van der Waals surface area contributed by atoms with E-state index >= 15 is 0 Å². The van der Waals surface area contributed by atoms with Crippen molar-refractivity contribution in [3.63, 3.8) is 0 Å². The number of nitrogens with one attached hydrogen (secondary N) is 1. The summed E-state index contributed by atoms with van der Waals surface area (Å²) in [5.41, 5.74) is 0.984. The fraction of sp³-hybridized carbons (Fsp3) is 0.250. The highest BCUT2D eigenvalue weighted by Crippen LogP contribution is 2.28. The lowest BCUT2D eigenvalue weighted by Crippen LogP contribution is -2.34. The molecule has 0 radical (unpaired) electrons. The lowest BCUT2D eigenvalue weighted by Gasteiger charge is -2.12. The van der Waals surface area contributed by atoms with E-state index in [9.17, 15) is 25.6 Å². The second-order valence-corrected chi connectivity index (χ2v) is 9.37. The molecule has 1 heterocycles. The Balaban J connectivity index is 1.68. The van der Waals surface area contributed by atoms with Gasteiger partial charge in [0.15, 0.2) is 0 Å². The fourth-order valence-corrected chi connectivity index (χ4v) is 4.35. The number of ether oxygens (including phenoxy) is 1. The Kier molecular flexibility index (Phi) is 5.00. The van der Waals surface area contributed by atoms with E-state index in [2.05, 4.69) is 4.72 Å². The molecule has 0 saturated carbocycles. The summed E-state index contributed by atoms with van der Waals surface area (Å²) >= 11 is 0. The Labute approximate surface area is 149 Å². The second-order valence-electron chi connectivity index (χ2n) is 5.68. The van der Waals surface area contributed by atoms with Gasteiger partial charge in [0.1, 0.15) is 11.9 Å². The van der Waals surface area contributed by atoms with Gasteiger partial charge in [-0.2, -0.15) is 8.78 Å². The number of alkyl halides is 2. The Morgan fingerprint density at radius 2 is 1.62 bits per heavy atom. The van der Waals surface area contributed by atoms with Crippen LogP contribution in [0.4, 0.5) is 8.78 Å². The summed E-state index contributed by atoms with van der Waals surface area (Å²) in [5, 5.41) is 0. The van der Waals surface area contributed by atoms with Gasteiger partial charge in [-0.15, -0.1) is 0 Å². The Morgan fingerprint density at radius 1 is 1.00 bits per heavy atom. The zero-order chi connectivity index (χ0) is 18.9. The predicted molar refractivity (Wildman–Crippen MR) is 89.4 cm³/mol. The van der Waals surface area contributed by atoms with Crippen LogP contribution in [0.5, 0.6) is 5.75 Å². The first-order chi connectivity index (χ1) is 12.2. The molecule has 2 aromatic rings. The summed E-state index contributed by atoms with van der Waals surface area (Å²) in [7, 11) is -8.69. The molecule has 140 valence electrons. The van der Waals surface area contributed by atoms with Crippen molar-refractivity contribution in [2.75, 3.05) is 6.54 Å². The van der Waals surface area contributed by atoms with Crippen LogP contribution < -0.4 is 9.46 Å². The second kappa shape index (κ2) is 6.93. The molecule has 0 bridgehead atoms. The summed E-state index contributed by atoms with van der Waals surface area (Å²) in [4.78, 5) is -0.859. The molecule has 0 aliphatic carbocycles. The number of sulfone groups is 1. The average molecular weight is 403 g/mol. The molecule has 0 fully saturated rings. The lowest BCUT2D eigenvalue weighted by atomic mass is 10.1. The van der Waals surface area contributed by atoms with E-state index in [1.165, 1.54) is 0 Å². The minimum absolute atomic E-state index is 0.0219. The first-order valence-electron chi connectivity index (χ1n) is 7.56. The van der Waals surface area contributed by atoms with Crippen LogP contribution in [0.1, 0.15) is 5.56 Å². The molecule has 1 atom stereocenters. The SMILES string of the molecule is O=S(=O)(NCC1Cc2ccccc2O1)c1ccc(S(=O)(=O)C(F)F)cc1. The Hall–Kier alpha value is -2.04. The topological polar surface area (TPSA) is 89.5 Å². The van der Waals surface area contributed by atoms with E-state index in [0.29, 0.717) is 12.2 Å². The number of halogens is 2. The zero-order valence-corrected chi connectivity index (χ0v) is 14.9. The highest BCUT2D eigenvalue weighted by Gasteiger charge is 2.28. The van der Waals surface area contributed by atoms with Crippen LogP contribution in [0.2, 0.25) is 0 Å². The minimum atomic E-state index is -4.76. The minimum Gasteiger partial charge on any atom is -0.488 e. The molecule has 2 aromatic carbocycles. The molecule has 1 N–H and O–H groups in total. The number of fused-ring (bicyclic) bond motifs is 1. The number of hydrogen-bond donors (Lipinski definition) is 1. The number of hydrogen-bond acceptors (Lipinski definition) is 5. The third-order valence-electron chi connectivity index (χ3n) is 3.91. The predicted octanol–water partition coefficient (Wildman–Crippen LogP) is 1.96. The normalized spacial score (nSPS) is 17.1. The molecule has 1 unspecified atom stereocenters. The molecule has 0 spiro atoms. The molecule has 1 aliphatic rings. The summed E-state index contributed by atoms with van der Waals surface area (Å²) in [6.07, 6.45) is 0.199. The van der Waals surface area contributed by atoms with E-state index in [0.717, 1.165) is 29.8 Å². The molecule has 1 aliphatic heterocycles. The van der Waals surface area contributed by atoms with Gasteiger partial charge in [-0.3, -0.25) is 0 Å². The molecule has 3 rings (SSSR count). The molecule has 26 heavy (non-hydrogen) atoms. The monoisotopic (exact) mass is 403 g/mol. The van der Waals surface area contributed by atoms with Crippen LogP contribution in [0, 0.1) is 0 Å². The van der Waals surface area contributed by atoms with Crippen molar-refractivity contribution in [1.82, 2.24) is 4.72 Å². The van der Waals surface area contributed by atoms with Crippen molar-refractivity contribution < 1.29 is 30.4 Å². The largest absolute Gasteiger partial charge is 0.488 e. The third kappa shape index (κ3) is 3.71. The van der Waals surface area contributed by atoms with E-state index in [1.807, 2.05) is 18.2 Å². The van der Waals surface area contributed by atoms with Crippen LogP contribution in [0.3, 0.4) is 0 Å². The number of para-hydroxylation sites is 1. The Bertz CT molecular complexity index is 980. The lowest BCUT2D eigenvalue weighted by molar-refractivity contribution is 0.234. The van der Waals surface area contributed by atoms with Gasteiger partial charge >= 0.3 is 5.76 Å². The van der Waals surface area contributed by atoms with Gasteiger partial charge in [0.2, 0.25) is 19.9 Å². The summed E-state index contributed by atoms with van der Waals surface area (Å²) in [6, 6.07) is 11.0. The zero-order valence-electron chi connectivity index (χ0n) is 13.3. The number of sulfonamides is 1. The van der Waals surface area contributed by atoms with Gasteiger partial charge in [-0.1, -0.05) is 18.2 Å². The first kappa shape index (κ1) is 18.7. The van der Waals surface area contributed by atoms with Crippen LogP contribution in [-0.2, 0) is 26.3 Å². The number of benzene rings is 2. The highest BCUT2D eigenvalue weighted by molar-refractivity contribution is 7.91. The summed E-state index contributed by atoms with van der Waals surface area (Å²) in [6.45, 7) is 0.0219. The smallest absolute Gasteiger partial charge is 0.341 e. The fourth-order valence-electron chi connectivity index (χ4n) is 2.57. The molecule has 0 saturated heterocycles. The molecule has 6 nitrogen and oxygen atoms in total. The van der Waals surface area contributed by atoms with Crippen molar-refractivity contribution >= 4 is 19.9 Å². The Morgan fingerprint density at radius 3 is 2.23 bits per heavy atom. The van der Waals surface area contributed by atoms with Crippen molar-refractivity contribution in [2.45, 2.75) is 28.1 Å². The summed E-state index contributed by atoms with van der Waals surface area (Å²) < 4.78 is 80.4. The van der Waals surface area contributed by atoms with E-state index < -0.39 is 30.5 Å². The summed E-state index contributed by atoms with van der Waals surface area (Å²) in [5.74, 6) is -2.86. The van der Waals surface area contributed by atoms with Crippen LogP contribution >= 0.6 is 0 Å². The molecule has 10 heteroatoms. The van der Waals surface area contributed by atoms with E-state index in [-0.39, 0.29) is 17.5 Å². The van der Waals surface area contributed by atoms with Crippen molar-refractivity contribution in [3.8, 4) is 5.75 Å². The maximum absolute atomic E-state index is 12.5. The maximum Gasteiger partial charge on any atom is 0.341 e. The number of rotatable bonds is 6. The van der Waals surface area contributed by atoms with Gasteiger partial charge in [-0.05, 0) is 35.9 Å². The van der Waals surface area contributed by atoms with Gasteiger partial charge in [0.05, 0.1) is 9.79 Å². The molecule has 0 aromatic heterocycles. The highest BCUT2D eigenvalue weighted by atomic mass is 32.2. The van der Waals surface area contributed by atoms with E-state index in [4.69, 9.17) is 4.74 Å². The maximum atomic E-state index is 12.5. The van der Waals surface area contributed by atoms with Gasteiger partial charge in [-0.25, -0.2) is 21.6 Å². The third-order valence-corrected chi connectivity index (χ3v) is 6.75. The van der Waals surface area contributed by atoms with Crippen LogP contribution in [0.25, 0.3) is 0 Å². The quantitative estimate of drug-likeness (QED) is 0.797. The van der Waals surface area contributed by atoms with Crippen LogP contribution in [0.15, 0.2) is 58.3 Å². The molecular weight excluding hydrogens is 388 g/mol. The van der Waals surface area contributed by atoms with Gasteiger partial charge < -0.3 is 4.74 Å². The average Bonchev–Trinajstić information content (AvgIpc) is 3.03. The van der Waals surface area contributed by atoms with E-state index in [1.54, 1.807) is 6.07 Å². The van der Waals surface area contributed by atoms with Gasteiger partial charge in [0, 0.05) is 13.0 Å². The molecular formula is C16H15F2NO5S2. The van der Waals surface area contributed by atoms with Crippen molar-refractivity contribution in [3.05, 3.63) is 54.1 Å². The van der Waals surface area contributed by atoms with Crippen LogP contribution in [-0.4, -0.2) is 35.2 Å². The standard InChI is InChI=1S/C16H15F2NO5S2/c17-16(18)25(20,21)13-5-7-14(8-6-13)26(22,23)19-10-12-9-11-3-1-2-4-15(11)24-12/h1-8,12,16,19H,9-10H2. The van der Waals surface area contributed by atoms with Gasteiger partial charge in [0.25, 0.3) is 0 Å².